The summed E-state index contributed by atoms with van der Waals surface area (Å²) in [6.45, 7) is 1.60. The molecule has 2 unspecified atom stereocenters. The molecule has 1 amide bonds. The van der Waals surface area contributed by atoms with Gasteiger partial charge in [-0.05, 0) is 25.8 Å². The highest BCUT2D eigenvalue weighted by molar-refractivity contribution is 5.98. The average Bonchev–Trinajstić information content (AvgIpc) is 2.40. The van der Waals surface area contributed by atoms with Crippen molar-refractivity contribution in [2.75, 3.05) is 0 Å². The number of para-hydroxylation sites is 1. The number of hydrogen-bond donors (Lipinski definition) is 2. The zero-order valence-electron chi connectivity index (χ0n) is 11.3. The number of nitrogens with one attached hydrogen (secondary N) is 1. The topological polar surface area (TPSA) is 92.5 Å². The third-order valence-electron chi connectivity index (χ3n) is 3.71. The SMILES string of the molecule is Cc1cccc(C(=O)NC2CCCCC2O)c1[N+](=O)[O-]. The van der Waals surface area contributed by atoms with E-state index >= 15 is 0 Å². The number of carbonyl (C=O) groups is 1. The second kappa shape index (κ2) is 6.00. The lowest BCUT2D eigenvalue weighted by Gasteiger charge is -2.28. The number of benzene rings is 1. The van der Waals surface area contributed by atoms with E-state index in [0.717, 1.165) is 12.8 Å². The van der Waals surface area contributed by atoms with Gasteiger partial charge in [0.15, 0.2) is 0 Å². The minimum atomic E-state index is -0.573. The summed E-state index contributed by atoms with van der Waals surface area (Å²) in [5, 5.41) is 23.6. The average molecular weight is 278 g/mol. The predicted octanol–water partition coefficient (Wildman–Crippen LogP) is 1.94. The van der Waals surface area contributed by atoms with Crippen LogP contribution in [0.3, 0.4) is 0 Å². The van der Waals surface area contributed by atoms with Gasteiger partial charge in [-0.2, -0.15) is 0 Å². The number of hydrogen-bond acceptors (Lipinski definition) is 4. The minimum absolute atomic E-state index is 0.0489. The second-order valence-corrected chi connectivity index (χ2v) is 5.16. The van der Waals surface area contributed by atoms with E-state index in [1.807, 2.05) is 0 Å². The van der Waals surface area contributed by atoms with Crippen LogP contribution in [0.25, 0.3) is 0 Å². The summed E-state index contributed by atoms with van der Waals surface area (Å²) in [7, 11) is 0. The molecule has 0 aromatic heterocycles. The van der Waals surface area contributed by atoms with Gasteiger partial charge in [0.2, 0.25) is 0 Å². The molecule has 0 radical (unpaired) electrons. The van der Waals surface area contributed by atoms with Crippen molar-refractivity contribution in [2.45, 2.75) is 44.8 Å². The maximum Gasteiger partial charge on any atom is 0.285 e. The van der Waals surface area contributed by atoms with Crippen LogP contribution in [0.4, 0.5) is 5.69 Å². The summed E-state index contributed by atoms with van der Waals surface area (Å²) in [5.74, 6) is -0.494. The van der Waals surface area contributed by atoms with Crippen LogP contribution in [0, 0.1) is 17.0 Å². The number of rotatable bonds is 3. The van der Waals surface area contributed by atoms with Gasteiger partial charge in [0.05, 0.1) is 17.1 Å². The Morgan fingerprint density at radius 3 is 2.75 bits per heavy atom. The second-order valence-electron chi connectivity index (χ2n) is 5.16. The molecule has 0 bridgehead atoms. The zero-order valence-corrected chi connectivity index (χ0v) is 11.3. The summed E-state index contributed by atoms with van der Waals surface area (Å²) in [6, 6.07) is 4.34. The lowest BCUT2D eigenvalue weighted by Crippen LogP contribution is -2.45. The molecule has 0 heterocycles. The van der Waals surface area contributed by atoms with E-state index in [1.165, 1.54) is 6.07 Å². The van der Waals surface area contributed by atoms with Gasteiger partial charge in [0.25, 0.3) is 11.6 Å². The van der Waals surface area contributed by atoms with Crippen LogP contribution in [0.15, 0.2) is 18.2 Å². The Morgan fingerprint density at radius 1 is 1.40 bits per heavy atom. The molecule has 108 valence electrons. The molecule has 6 heteroatoms. The molecule has 2 N–H and O–H groups in total. The van der Waals surface area contributed by atoms with Crippen molar-refractivity contribution < 1.29 is 14.8 Å². The fourth-order valence-corrected chi connectivity index (χ4v) is 2.61. The summed E-state index contributed by atoms with van der Waals surface area (Å²) >= 11 is 0. The molecule has 1 aromatic carbocycles. The van der Waals surface area contributed by atoms with E-state index in [4.69, 9.17) is 0 Å². The summed E-state index contributed by atoms with van der Waals surface area (Å²) in [6.07, 6.45) is 2.67. The van der Waals surface area contributed by atoms with Crippen LogP contribution in [0.2, 0.25) is 0 Å². The van der Waals surface area contributed by atoms with Gasteiger partial charge in [-0.1, -0.05) is 25.0 Å². The molecule has 1 aliphatic rings. The number of amides is 1. The molecule has 0 aliphatic heterocycles. The highest BCUT2D eigenvalue weighted by Crippen LogP contribution is 2.24. The van der Waals surface area contributed by atoms with Crippen molar-refractivity contribution in [1.82, 2.24) is 5.32 Å². The monoisotopic (exact) mass is 278 g/mol. The molecule has 1 aromatic rings. The Hall–Kier alpha value is -1.95. The zero-order chi connectivity index (χ0) is 14.7. The molecule has 2 atom stereocenters. The van der Waals surface area contributed by atoms with Crippen molar-refractivity contribution in [3.05, 3.63) is 39.4 Å². The molecule has 1 aliphatic carbocycles. The fourth-order valence-electron chi connectivity index (χ4n) is 2.61. The van der Waals surface area contributed by atoms with Crippen molar-refractivity contribution in [2.24, 2.45) is 0 Å². The normalized spacial score (nSPS) is 22.3. The van der Waals surface area contributed by atoms with Gasteiger partial charge in [-0.3, -0.25) is 14.9 Å². The molecule has 0 saturated heterocycles. The lowest BCUT2D eigenvalue weighted by molar-refractivity contribution is -0.385. The smallest absolute Gasteiger partial charge is 0.285 e. The Kier molecular flexibility index (Phi) is 4.34. The molecule has 6 nitrogen and oxygen atoms in total. The number of aliphatic hydroxyl groups excluding tert-OH is 1. The van der Waals surface area contributed by atoms with Crippen LogP contribution in [-0.2, 0) is 0 Å². The van der Waals surface area contributed by atoms with Gasteiger partial charge in [-0.25, -0.2) is 0 Å². The number of nitro benzene ring substituents is 1. The predicted molar refractivity (Wildman–Crippen MR) is 73.6 cm³/mol. The van der Waals surface area contributed by atoms with Gasteiger partial charge in [0.1, 0.15) is 5.56 Å². The highest BCUT2D eigenvalue weighted by atomic mass is 16.6. The summed E-state index contributed by atoms with van der Waals surface area (Å²) in [5.41, 5.74) is 0.329. The number of nitrogens with zero attached hydrogens (tertiary/aromatic N) is 1. The minimum Gasteiger partial charge on any atom is -0.391 e. The van der Waals surface area contributed by atoms with Gasteiger partial charge >= 0.3 is 0 Å². The Bertz CT molecular complexity index is 530. The lowest BCUT2D eigenvalue weighted by atomic mass is 9.92. The molecule has 2 rings (SSSR count). The number of nitro groups is 1. The van der Waals surface area contributed by atoms with Crippen LogP contribution in [0.1, 0.15) is 41.6 Å². The van der Waals surface area contributed by atoms with Crippen molar-refractivity contribution in [1.29, 1.82) is 0 Å². The van der Waals surface area contributed by atoms with Gasteiger partial charge in [-0.15, -0.1) is 0 Å². The quantitative estimate of drug-likeness (QED) is 0.652. The summed E-state index contributed by atoms with van der Waals surface area (Å²) in [4.78, 5) is 22.7. The molecular formula is C14H18N2O4. The Morgan fingerprint density at radius 2 is 2.10 bits per heavy atom. The standard InChI is InChI=1S/C14H18N2O4/c1-9-5-4-6-10(13(9)16(19)20)14(18)15-11-7-2-3-8-12(11)17/h4-6,11-12,17H,2-3,7-8H2,1H3,(H,15,18). The molecule has 0 spiro atoms. The maximum atomic E-state index is 12.2. The van der Waals surface area contributed by atoms with Crippen molar-refractivity contribution >= 4 is 11.6 Å². The highest BCUT2D eigenvalue weighted by Gasteiger charge is 2.28. The van der Waals surface area contributed by atoms with Crippen molar-refractivity contribution in [3.63, 3.8) is 0 Å². The van der Waals surface area contributed by atoms with E-state index in [0.29, 0.717) is 18.4 Å². The first-order chi connectivity index (χ1) is 9.50. The Labute approximate surface area is 117 Å². The number of aryl methyl sites for hydroxylation is 1. The van der Waals surface area contributed by atoms with Crippen LogP contribution < -0.4 is 5.32 Å². The van der Waals surface area contributed by atoms with Crippen LogP contribution in [-0.4, -0.2) is 28.1 Å². The molecule has 20 heavy (non-hydrogen) atoms. The third-order valence-corrected chi connectivity index (χ3v) is 3.71. The first kappa shape index (κ1) is 14.5. The molecule has 1 saturated carbocycles. The Balaban J connectivity index is 2.21. The van der Waals surface area contributed by atoms with Crippen molar-refractivity contribution in [3.8, 4) is 0 Å². The van der Waals surface area contributed by atoms with E-state index < -0.39 is 16.9 Å². The van der Waals surface area contributed by atoms with E-state index in [-0.39, 0.29) is 17.3 Å². The van der Waals surface area contributed by atoms with E-state index in [1.54, 1.807) is 19.1 Å². The number of carbonyl (C=O) groups excluding carboxylic acids is 1. The largest absolute Gasteiger partial charge is 0.391 e. The maximum absolute atomic E-state index is 12.2. The van der Waals surface area contributed by atoms with Crippen LogP contribution >= 0.6 is 0 Å². The molecular weight excluding hydrogens is 260 g/mol. The first-order valence-electron chi connectivity index (χ1n) is 6.73. The summed E-state index contributed by atoms with van der Waals surface area (Å²) < 4.78 is 0. The first-order valence-corrected chi connectivity index (χ1v) is 6.73. The number of aliphatic hydroxyl groups is 1. The van der Waals surface area contributed by atoms with Crippen LogP contribution in [0.5, 0.6) is 0 Å². The molecule has 1 fully saturated rings. The van der Waals surface area contributed by atoms with Gasteiger partial charge < -0.3 is 10.4 Å². The fraction of sp³-hybridized carbons (Fsp3) is 0.500. The van der Waals surface area contributed by atoms with E-state index in [9.17, 15) is 20.0 Å². The van der Waals surface area contributed by atoms with E-state index in [2.05, 4.69) is 5.32 Å². The third kappa shape index (κ3) is 2.96. The van der Waals surface area contributed by atoms with Gasteiger partial charge in [0, 0.05) is 5.56 Å².